The van der Waals surface area contributed by atoms with Crippen LogP contribution in [0.1, 0.15) is 5.56 Å². The maximum absolute atomic E-state index is 10.2. The molecule has 11 heavy (non-hydrogen) atoms. The Morgan fingerprint density at radius 3 is 2.82 bits per heavy atom. The van der Waals surface area contributed by atoms with Crippen molar-refractivity contribution in [3.8, 4) is 0 Å². The summed E-state index contributed by atoms with van der Waals surface area (Å²) in [6.45, 7) is 0. The molecule has 0 saturated carbocycles. The van der Waals surface area contributed by atoms with Gasteiger partial charge in [-0.1, -0.05) is 33.6 Å². The van der Waals surface area contributed by atoms with Gasteiger partial charge in [-0.05, 0) is 17.7 Å². The molecular formula is C8H6BrClO. The molecule has 0 bridgehead atoms. The minimum atomic E-state index is 0.361. The van der Waals surface area contributed by atoms with Crippen LogP contribution in [0.25, 0.3) is 0 Å². The first-order valence-electron chi connectivity index (χ1n) is 3.12. The number of hydrogen-bond donors (Lipinski definition) is 0. The smallest absolute Gasteiger partial charge is 0.124 e. The van der Waals surface area contributed by atoms with Crippen LogP contribution >= 0.6 is 27.5 Å². The Balaban J connectivity index is 3.09. The topological polar surface area (TPSA) is 17.1 Å². The summed E-state index contributed by atoms with van der Waals surface area (Å²) in [5, 5.41) is 0.631. The number of hydrogen-bond acceptors (Lipinski definition) is 1. The first-order chi connectivity index (χ1) is 5.25. The fourth-order valence-electron chi connectivity index (χ4n) is 0.811. The predicted molar refractivity (Wildman–Crippen MR) is 48.9 cm³/mol. The lowest BCUT2D eigenvalue weighted by Gasteiger charge is -2.01. The van der Waals surface area contributed by atoms with Crippen LogP contribution in [0, 0.1) is 0 Å². The maximum atomic E-state index is 10.2. The highest BCUT2D eigenvalue weighted by atomic mass is 79.9. The second-order valence-corrected chi connectivity index (χ2v) is 3.33. The molecule has 0 spiro atoms. The summed E-state index contributed by atoms with van der Waals surface area (Å²) in [5.74, 6) is 0. The lowest BCUT2D eigenvalue weighted by atomic mass is 10.2. The van der Waals surface area contributed by atoms with Crippen molar-refractivity contribution >= 4 is 33.8 Å². The normalized spacial score (nSPS) is 9.64. The van der Waals surface area contributed by atoms with E-state index in [0.717, 1.165) is 16.3 Å². The van der Waals surface area contributed by atoms with Crippen molar-refractivity contribution in [3.05, 3.63) is 33.3 Å². The molecule has 0 aliphatic rings. The van der Waals surface area contributed by atoms with Crippen molar-refractivity contribution in [2.24, 2.45) is 0 Å². The summed E-state index contributed by atoms with van der Waals surface area (Å²) in [6.07, 6.45) is 1.20. The summed E-state index contributed by atoms with van der Waals surface area (Å²) in [5.41, 5.74) is 0.851. The minimum Gasteiger partial charge on any atom is -0.303 e. The average molecular weight is 233 g/mol. The van der Waals surface area contributed by atoms with Gasteiger partial charge in [0.1, 0.15) is 6.29 Å². The van der Waals surface area contributed by atoms with Crippen LogP contribution in [-0.2, 0) is 11.2 Å². The molecule has 0 radical (unpaired) electrons. The molecular weight excluding hydrogens is 227 g/mol. The molecule has 0 amide bonds. The monoisotopic (exact) mass is 232 g/mol. The van der Waals surface area contributed by atoms with Gasteiger partial charge in [-0.3, -0.25) is 0 Å². The van der Waals surface area contributed by atoms with Crippen LogP contribution < -0.4 is 0 Å². The molecule has 0 atom stereocenters. The first kappa shape index (κ1) is 8.75. The number of aldehydes is 1. The molecule has 0 unspecified atom stereocenters. The maximum Gasteiger partial charge on any atom is 0.124 e. The predicted octanol–water partition coefficient (Wildman–Crippen LogP) is 2.84. The zero-order valence-electron chi connectivity index (χ0n) is 5.68. The van der Waals surface area contributed by atoms with Gasteiger partial charge in [-0.25, -0.2) is 0 Å². The van der Waals surface area contributed by atoms with Crippen molar-refractivity contribution in [2.75, 3.05) is 0 Å². The number of benzene rings is 1. The van der Waals surface area contributed by atoms with Gasteiger partial charge in [-0.2, -0.15) is 0 Å². The molecule has 1 aromatic rings. The first-order valence-corrected chi connectivity index (χ1v) is 4.29. The molecule has 0 N–H and O–H groups in total. The Labute approximate surface area is 78.5 Å². The fourth-order valence-corrected chi connectivity index (χ4v) is 1.70. The summed E-state index contributed by atoms with van der Waals surface area (Å²) >= 11 is 9.12. The molecule has 0 aliphatic carbocycles. The highest BCUT2D eigenvalue weighted by Crippen LogP contribution is 2.24. The van der Waals surface area contributed by atoms with Crippen LogP contribution in [-0.4, -0.2) is 6.29 Å². The lowest BCUT2D eigenvalue weighted by molar-refractivity contribution is -0.107. The lowest BCUT2D eigenvalue weighted by Crippen LogP contribution is -1.88. The van der Waals surface area contributed by atoms with E-state index in [4.69, 9.17) is 11.6 Å². The molecule has 1 rings (SSSR count). The van der Waals surface area contributed by atoms with Gasteiger partial charge in [0, 0.05) is 15.9 Å². The van der Waals surface area contributed by atoms with Crippen molar-refractivity contribution < 1.29 is 4.79 Å². The van der Waals surface area contributed by atoms with Crippen molar-refractivity contribution in [3.63, 3.8) is 0 Å². The Morgan fingerprint density at radius 2 is 2.27 bits per heavy atom. The van der Waals surface area contributed by atoms with Crippen LogP contribution in [0.15, 0.2) is 22.7 Å². The number of carbonyl (C=O) groups is 1. The van der Waals surface area contributed by atoms with Gasteiger partial charge >= 0.3 is 0 Å². The van der Waals surface area contributed by atoms with Gasteiger partial charge in [0.25, 0.3) is 0 Å². The summed E-state index contributed by atoms with van der Waals surface area (Å²) in [6, 6.07) is 5.47. The SMILES string of the molecule is O=CCc1c(Cl)cccc1Br. The quantitative estimate of drug-likeness (QED) is 0.718. The van der Waals surface area contributed by atoms with Crippen LogP contribution in [0.5, 0.6) is 0 Å². The molecule has 0 heterocycles. The van der Waals surface area contributed by atoms with Crippen molar-refractivity contribution in [2.45, 2.75) is 6.42 Å². The number of carbonyl (C=O) groups excluding carboxylic acids is 1. The van der Waals surface area contributed by atoms with Crippen molar-refractivity contribution in [1.29, 1.82) is 0 Å². The van der Waals surface area contributed by atoms with Gasteiger partial charge < -0.3 is 4.79 Å². The van der Waals surface area contributed by atoms with Gasteiger partial charge in [0.15, 0.2) is 0 Å². The third kappa shape index (κ3) is 2.04. The zero-order valence-corrected chi connectivity index (χ0v) is 8.02. The van der Waals surface area contributed by atoms with E-state index in [9.17, 15) is 4.79 Å². The molecule has 1 aromatic carbocycles. The zero-order chi connectivity index (χ0) is 8.27. The fraction of sp³-hybridized carbons (Fsp3) is 0.125. The summed E-state index contributed by atoms with van der Waals surface area (Å²) in [7, 11) is 0. The van der Waals surface area contributed by atoms with Crippen LogP contribution in [0.4, 0.5) is 0 Å². The number of halogens is 2. The Hall–Kier alpha value is -0.340. The van der Waals surface area contributed by atoms with E-state index >= 15 is 0 Å². The van der Waals surface area contributed by atoms with E-state index in [2.05, 4.69) is 15.9 Å². The van der Waals surface area contributed by atoms with E-state index in [1.165, 1.54) is 0 Å². The van der Waals surface area contributed by atoms with E-state index in [-0.39, 0.29) is 0 Å². The largest absolute Gasteiger partial charge is 0.303 e. The molecule has 58 valence electrons. The minimum absolute atomic E-state index is 0.361. The van der Waals surface area contributed by atoms with Crippen LogP contribution in [0.2, 0.25) is 5.02 Å². The second-order valence-electron chi connectivity index (χ2n) is 2.07. The molecule has 1 nitrogen and oxygen atoms in total. The van der Waals surface area contributed by atoms with Crippen molar-refractivity contribution in [1.82, 2.24) is 0 Å². The summed E-state index contributed by atoms with van der Waals surface area (Å²) in [4.78, 5) is 10.2. The van der Waals surface area contributed by atoms with E-state index in [1.54, 1.807) is 6.07 Å². The third-order valence-electron chi connectivity index (χ3n) is 1.35. The molecule has 3 heteroatoms. The standard InChI is InChI=1S/C8H6BrClO/c9-7-2-1-3-8(10)6(7)4-5-11/h1-3,5H,4H2. The Morgan fingerprint density at radius 1 is 1.55 bits per heavy atom. The highest BCUT2D eigenvalue weighted by Gasteiger charge is 2.02. The molecule has 0 fully saturated rings. The van der Waals surface area contributed by atoms with E-state index in [1.807, 2.05) is 12.1 Å². The molecule has 0 aliphatic heterocycles. The Kier molecular flexibility index (Phi) is 3.09. The Bertz CT molecular complexity index is 253. The summed E-state index contributed by atoms with van der Waals surface area (Å²) < 4.78 is 0.886. The molecule has 0 aromatic heterocycles. The number of rotatable bonds is 2. The average Bonchev–Trinajstić information content (AvgIpc) is 1.97. The van der Waals surface area contributed by atoms with Gasteiger partial charge in [0.05, 0.1) is 0 Å². The molecule has 0 saturated heterocycles. The second kappa shape index (κ2) is 3.88. The van der Waals surface area contributed by atoms with E-state index < -0.39 is 0 Å². The van der Waals surface area contributed by atoms with Gasteiger partial charge in [-0.15, -0.1) is 0 Å². The third-order valence-corrected chi connectivity index (χ3v) is 2.45. The highest BCUT2D eigenvalue weighted by molar-refractivity contribution is 9.10. The van der Waals surface area contributed by atoms with E-state index in [0.29, 0.717) is 11.4 Å². The van der Waals surface area contributed by atoms with Gasteiger partial charge in [0.2, 0.25) is 0 Å². The van der Waals surface area contributed by atoms with Crippen LogP contribution in [0.3, 0.4) is 0 Å².